The van der Waals surface area contributed by atoms with E-state index >= 15 is 0 Å². The van der Waals surface area contributed by atoms with Gasteiger partial charge in [-0.05, 0) is 46.7 Å². The van der Waals surface area contributed by atoms with Crippen molar-refractivity contribution in [1.82, 2.24) is 5.32 Å². The summed E-state index contributed by atoms with van der Waals surface area (Å²) in [7, 11) is 1.69. The Labute approximate surface area is 123 Å². The molecular formula is C14H11BrClF2N. The molecule has 2 aromatic carbocycles. The van der Waals surface area contributed by atoms with E-state index in [4.69, 9.17) is 11.6 Å². The van der Waals surface area contributed by atoms with Gasteiger partial charge in [-0.15, -0.1) is 0 Å². The first kappa shape index (κ1) is 14.4. The molecule has 19 heavy (non-hydrogen) atoms. The summed E-state index contributed by atoms with van der Waals surface area (Å²) in [5, 5.41) is 2.99. The van der Waals surface area contributed by atoms with Crippen LogP contribution in [0.3, 0.4) is 0 Å². The first-order valence-corrected chi connectivity index (χ1v) is 6.77. The van der Waals surface area contributed by atoms with Crippen molar-refractivity contribution in [2.75, 3.05) is 7.05 Å². The second kappa shape index (κ2) is 5.99. The molecule has 0 heterocycles. The molecule has 2 aromatic rings. The van der Waals surface area contributed by atoms with Crippen molar-refractivity contribution < 1.29 is 8.78 Å². The highest BCUT2D eigenvalue weighted by Crippen LogP contribution is 2.32. The summed E-state index contributed by atoms with van der Waals surface area (Å²) in [6.07, 6.45) is 0. The fourth-order valence-electron chi connectivity index (χ4n) is 1.95. The molecule has 0 spiro atoms. The minimum atomic E-state index is -0.514. The van der Waals surface area contributed by atoms with Crippen molar-refractivity contribution in [3.63, 3.8) is 0 Å². The molecule has 0 aliphatic carbocycles. The topological polar surface area (TPSA) is 12.0 Å². The molecule has 1 atom stereocenters. The van der Waals surface area contributed by atoms with Gasteiger partial charge in [-0.25, -0.2) is 8.78 Å². The van der Waals surface area contributed by atoms with E-state index in [0.717, 1.165) is 0 Å². The maximum absolute atomic E-state index is 14.2. The van der Waals surface area contributed by atoms with E-state index in [1.807, 2.05) is 0 Å². The lowest BCUT2D eigenvalue weighted by atomic mass is 9.98. The van der Waals surface area contributed by atoms with Crippen LogP contribution in [0.25, 0.3) is 0 Å². The highest BCUT2D eigenvalue weighted by Gasteiger charge is 2.19. The molecule has 0 saturated heterocycles. The van der Waals surface area contributed by atoms with Gasteiger partial charge in [0, 0.05) is 10.0 Å². The Morgan fingerprint density at radius 2 is 1.95 bits per heavy atom. The average molecular weight is 347 g/mol. The van der Waals surface area contributed by atoms with Crippen LogP contribution in [0.4, 0.5) is 8.78 Å². The molecule has 0 fully saturated rings. The Kier molecular flexibility index (Phi) is 4.55. The quantitative estimate of drug-likeness (QED) is 0.795. The van der Waals surface area contributed by atoms with Crippen molar-refractivity contribution in [3.8, 4) is 0 Å². The molecule has 0 aliphatic heterocycles. The fraction of sp³-hybridized carbons (Fsp3) is 0.143. The van der Waals surface area contributed by atoms with Crippen LogP contribution in [0.5, 0.6) is 0 Å². The predicted molar refractivity (Wildman–Crippen MR) is 76.4 cm³/mol. The third-order valence-electron chi connectivity index (χ3n) is 2.85. The molecule has 0 amide bonds. The van der Waals surface area contributed by atoms with Gasteiger partial charge in [0.05, 0.1) is 11.1 Å². The maximum atomic E-state index is 14.2. The van der Waals surface area contributed by atoms with Gasteiger partial charge in [0.25, 0.3) is 0 Å². The lowest BCUT2D eigenvalue weighted by molar-refractivity contribution is 0.571. The lowest BCUT2D eigenvalue weighted by Crippen LogP contribution is -2.19. The minimum Gasteiger partial charge on any atom is -0.309 e. The fourth-order valence-corrected chi connectivity index (χ4v) is 2.43. The smallest absolute Gasteiger partial charge is 0.148 e. The Hall–Kier alpha value is -0.970. The van der Waals surface area contributed by atoms with Crippen LogP contribution in [0.2, 0.25) is 5.02 Å². The summed E-state index contributed by atoms with van der Waals surface area (Å²) < 4.78 is 27.9. The number of hydrogen-bond acceptors (Lipinski definition) is 1. The van der Waals surface area contributed by atoms with E-state index in [9.17, 15) is 8.78 Å². The van der Waals surface area contributed by atoms with Gasteiger partial charge in [0.2, 0.25) is 0 Å². The van der Waals surface area contributed by atoms with Gasteiger partial charge < -0.3 is 5.32 Å². The van der Waals surface area contributed by atoms with Crippen LogP contribution in [0.15, 0.2) is 40.9 Å². The van der Waals surface area contributed by atoms with Gasteiger partial charge in [-0.2, -0.15) is 0 Å². The Bertz CT molecular complexity index is 604. The molecule has 0 bridgehead atoms. The molecule has 1 nitrogen and oxygen atoms in total. The molecule has 0 radical (unpaired) electrons. The molecule has 2 rings (SSSR count). The van der Waals surface area contributed by atoms with Crippen LogP contribution >= 0.6 is 27.5 Å². The summed E-state index contributed by atoms with van der Waals surface area (Å²) in [5.74, 6) is -0.874. The second-order valence-corrected chi connectivity index (χ2v) is 5.27. The largest absolute Gasteiger partial charge is 0.309 e. The zero-order valence-corrected chi connectivity index (χ0v) is 12.4. The van der Waals surface area contributed by atoms with Crippen LogP contribution in [-0.2, 0) is 0 Å². The normalized spacial score (nSPS) is 12.5. The van der Waals surface area contributed by atoms with Crippen molar-refractivity contribution in [2.24, 2.45) is 0 Å². The Morgan fingerprint density at radius 1 is 1.21 bits per heavy atom. The molecule has 1 N–H and O–H groups in total. The number of hydrogen-bond donors (Lipinski definition) is 1. The molecule has 0 aliphatic rings. The summed E-state index contributed by atoms with van der Waals surface area (Å²) >= 11 is 9.05. The zero-order chi connectivity index (χ0) is 14.0. The number of nitrogens with one attached hydrogen (secondary N) is 1. The first-order valence-electron chi connectivity index (χ1n) is 5.60. The van der Waals surface area contributed by atoms with Gasteiger partial charge in [-0.3, -0.25) is 0 Å². The SMILES string of the molecule is CNC(c1cccc(F)c1)c1ccc(Br)c(Cl)c1F. The molecule has 0 aromatic heterocycles. The summed E-state index contributed by atoms with van der Waals surface area (Å²) in [6, 6.07) is 8.88. The first-order chi connectivity index (χ1) is 9.04. The van der Waals surface area contributed by atoms with E-state index < -0.39 is 11.9 Å². The van der Waals surface area contributed by atoms with Gasteiger partial charge >= 0.3 is 0 Å². The summed E-state index contributed by atoms with van der Waals surface area (Å²) in [4.78, 5) is 0. The highest BCUT2D eigenvalue weighted by molar-refractivity contribution is 9.10. The van der Waals surface area contributed by atoms with Crippen molar-refractivity contribution in [1.29, 1.82) is 0 Å². The van der Waals surface area contributed by atoms with E-state index in [1.54, 1.807) is 31.3 Å². The number of halogens is 4. The standard InChI is InChI=1S/C14H11BrClF2N/c1-19-14(8-3-2-4-9(17)7-8)10-5-6-11(15)12(16)13(10)18/h2-7,14,19H,1H3. The van der Waals surface area contributed by atoms with E-state index in [0.29, 0.717) is 15.6 Å². The van der Waals surface area contributed by atoms with Crippen LogP contribution in [0, 0.1) is 11.6 Å². The summed E-state index contributed by atoms with van der Waals surface area (Å²) in [6.45, 7) is 0. The monoisotopic (exact) mass is 345 g/mol. The molecular weight excluding hydrogens is 336 g/mol. The highest BCUT2D eigenvalue weighted by atomic mass is 79.9. The second-order valence-electron chi connectivity index (χ2n) is 4.04. The Balaban J connectivity index is 2.51. The maximum Gasteiger partial charge on any atom is 0.148 e. The van der Waals surface area contributed by atoms with Gasteiger partial charge in [0.15, 0.2) is 0 Å². The minimum absolute atomic E-state index is 0.0224. The Morgan fingerprint density at radius 3 is 2.58 bits per heavy atom. The van der Waals surface area contributed by atoms with Crippen molar-refractivity contribution in [2.45, 2.75) is 6.04 Å². The predicted octanol–water partition coefficient (Wildman–Crippen LogP) is 4.69. The van der Waals surface area contributed by atoms with Gasteiger partial charge in [0.1, 0.15) is 11.6 Å². The number of benzene rings is 2. The van der Waals surface area contributed by atoms with Crippen LogP contribution in [0.1, 0.15) is 17.2 Å². The molecule has 100 valence electrons. The average Bonchev–Trinajstić information content (AvgIpc) is 2.40. The van der Waals surface area contributed by atoms with E-state index in [-0.39, 0.29) is 10.8 Å². The molecule has 5 heteroatoms. The third kappa shape index (κ3) is 2.96. The van der Waals surface area contributed by atoms with Gasteiger partial charge in [-0.1, -0.05) is 29.8 Å². The van der Waals surface area contributed by atoms with Crippen LogP contribution in [-0.4, -0.2) is 7.05 Å². The van der Waals surface area contributed by atoms with E-state index in [1.165, 1.54) is 12.1 Å². The van der Waals surface area contributed by atoms with Crippen LogP contribution < -0.4 is 5.32 Å². The van der Waals surface area contributed by atoms with Crippen molar-refractivity contribution in [3.05, 3.63) is 68.7 Å². The zero-order valence-electron chi connectivity index (χ0n) is 10.1. The van der Waals surface area contributed by atoms with Crippen molar-refractivity contribution >= 4 is 27.5 Å². The number of rotatable bonds is 3. The van der Waals surface area contributed by atoms with E-state index in [2.05, 4.69) is 21.2 Å². The molecule has 0 saturated carbocycles. The lowest BCUT2D eigenvalue weighted by Gasteiger charge is -2.19. The third-order valence-corrected chi connectivity index (χ3v) is 4.11. The molecule has 1 unspecified atom stereocenters. The summed E-state index contributed by atoms with van der Waals surface area (Å²) in [5.41, 5.74) is 1.01.